The summed E-state index contributed by atoms with van der Waals surface area (Å²) in [5, 5.41) is 3.10. The molecule has 1 heterocycles. The molecule has 148 valence electrons. The Labute approximate surface area is 164 Å². The highest BCUT2D eigenvalue weighted by atomic mass is 16.7. The summed E-state index contributed by atoms with van der Waals surface area (Å²) in [6.45, 7) is 12.8. The van der Waals surface area contributed by atoms with Gasteiger partial charge in [0.25, 0.3) is 0 Å². The minimum Gasteiger partial charge on any atom is -0.400 e. The van der Waals surface area contributed by atoms with Crippen LogP contribution in [-0.2, 0) is 20.6 Å². The fourth-order valence-corrected chi connectivity index (χ4v) is 3.25. The van der Waals surface area contributed by atoms with E-state index in [2.05, 4.69) is 12.2 Å². The molecule has 1 aromatic carbocycles. The molecule has 1 amide bonds. The van der Waals surface area contributed by atoms with Crippen molar-refractivity contribution in [1.29, 1.82) is 0 Å². The van der Waals surface area contributed by atoms with Gasteiger partial charge in [-0.15, -0.1) is 0 Å². The average Bonchev–Trinajstić information content (AvgIpc) is 2.84. The third-order valence-corrected chi connectivity index (χ3v) is 5.73. The van der Waals surface area contributed by atoms with E-state index in [0.29, 0.717) is 6.54 Å². The maximum absolute atomic E-state index is 13.0. The third-order valence-electron chi connectivity index (χ3n) is 5.73. The summed E-state index contributed by atoms with van der Waals surface area (Å²) in [7, 11) is -0.482. The summed E-state index contributed by atoms with van der Waals surface area (Å²) in [6.07, 6.45) is 4.81. The lowest BCUT2D eigenvalue weighted by Gasteiger charge is -2.32. The summed E-state index contributed by atoms with van der Waals surface area (Å²) in [6, 6.07) is 9.99. The van der Waals surface area contributed by atoms with Gasteiger partial charge in [0.15, 0.2) is 0 Å². The third kappa shape index (κ3) is 5.23. The zero-order chi connectivity index (χ0) is 20.1. The first kappa shape index (κ1) is 21.7. The summed E-state index contributed by atoms with van der Waals surface area (Å²) < 4.78 is 12.4. The molecule has 1 N–H and O–H groups in total. The number of carbonyl (C=O) groups excluding carboxylic acids is 1. The molecule has 2 rings (SSSR count). The molecule has 0 bridgehead atoms. The topological polar surface area (TPSA) is 47.6 Å². The molecule has 1 aliphatic rings. The minimum absolute atomic E-state index is 0.0371. The van der Waals surface area contributed by atoms with Gasteiger partial charge < -0.3 is 14.6 Å². The molecule has 5 heteroatoms. The molecular formula is C22H34BNO3. The number of amides is 1. The number of nitrogens with one attached hydrogen (secondary N) is 1. The highest BCUT2D eigenvalue weighted by Crippen LogP contribution is 2.40. The van der Waals surface area contributed by atoms with Crippen LogP contribution in [0.4, 0.5) is 0 Å². The molecule has 0 saturated carbocycles. The molecule has 1 unspecified atom stereocenters. The van der Waals surface area contributed by atoms with Crippen LogP contribution >= 0.6 is 0 Å². The van der Waals surface area contributed by atoms with Crippen LogP contribution in [0.1, 0.15) is 66.4 Å². The molecule has 1 aliphatic heterocycles. The molecule has 27 heavy (non-hydrogen) atoms. The molecule has 0 aromatic heterocycles. The predicted octanol–water partition coefficient (Wildman–Crippen LogP) is 4.69. The van der Waals surface area contributed by atoms with Gasteiger partial charge in [0.05, 0.1) is 17.1 Å². The van der Waals surface area contributed by atoms with E-state index in [1.165, 1.54) is 0 Å². The van der Waals surface area contributed by atoms with Gasteiger partial charge in [-0.1, -0.05) is 56.2 Å². The number of hydrogen-bond acceptors (Lipinski definition) is 3. The number of unbranched alkanes of at least 4 members (excludes halogenated alkanes) is 1. The van der Waals surface area contributed by atoms with Crippen molar-refractivity contribution in [3.63, 3.8) is 0 Å². The molecule has 0 radical (unpaired) electrons. The van der Waals surface area contributed by atoms with Crippen molar-refractivity contribution >= 4 is 13.0 Å². The van der Waals surface area contributed by atoms with E-state index in [0.717, 1.165) is 30.3 Å². The van der Waals surface area contributed by atoms with Gasteiger partial charge in [0.1, 0.15) is 0 Å². The average molecular weight is 371 g/mol. The highest BCUT2D eigenvalue weighted by molar-refractivity contribution is 6.55. The van der Waals surface area contributed by atoms with Crippen LogP contribution in [-0.4, -0.2) is 24.2 Å². The molecule has 1 aromatic rings. The van der Waals surface area contributed by atoms with Gasteiger partial charge in [0, 0.05) is 6.54 Å². The maximum atomic E-state index is 13.0. The van der Waals surface area contributed by atoms with Crippen LogP contribution in [0.3, 0.4) is 0 Å². The molecule has 1 atom stereocenters. The Morgan fingerprint density at radius 1 is 1.15 bits per heavy atom. The van der Waals surface area contributed by atoms with E-state index in [1.807, 2.05) is 71.0 Å². The Hall–Kier alpha value is -1.59. The molecular weight excluding hydrogens is 337 g/mol. The van der Waals surface area contributed by atoms with Crippen molar-refractivity contribution < 1.29 is 14.1 Å². The van der Waals surface area contributed by atoms with Crippen LogP contribution in [0, 0.1) is 5.92 Å². The van der Waals surface area contributed by atoms with Crippen LogP contribution in [0.2, 0.25) is 0 Å². The number of allylic oxidation sites excluding steroid dienone is 1. The molecule has 0 spiro atoms. The Morgan fingerprint density at radius 3 is 2.26 bits per heavy atom. The van der Waals surface area contributed by atoms with Crippen molar-refractivity contribution in [2.75, 3.05) is 0 Å². The molecule has 1 saturated heterocycles. The van der Waals surface area contributed by atoms with E-state index < -0.39 is 18.3 Å². The van der Waals surface area contributed by atoms with E-state index in [1.54, 1.807) is 0 Å². The fourth-order valence-electron chi connectivity index (χ4n) is 3.25. The number of rotatable bonds is 8. The summed E-state index contributed by atoms with van der Waals surface area (Å²) in [4.78, 5) is 13.0. The van der Waals surface area contributed by atoms with Gasteiger partial charge in [-0.3, -0.25) is 4.79 Å². The number of benzene rings is 1. The van der Waals surface area contributed by atoms with Gasteiger partial charge >= 0.3 is 7.12 Å². The lowest BCUT2D eigenvalue weighted by molar-refractivity contribution is -0.124. The first-order valence-corrected chi connectivity index (χ1v) is 10.0. The van der Waals surface area contributed by atoms with Gasteiger partial charge in [-0.25, -0.2) is 0 Å². The van der Waals surface area contributed by atoms with Crippen LogP contribution < -0.4 is 5.32 Å². The summed E-state index contributed by atoms with van der Waals surface area (Å²) in [5.74, 6) is -0.205. The largest absolute Gasteiger partial charge is 0.491 e. The zero-order valence-corrected chi connectivity index (χ0v) is 17.7. The lowest BCUT2D eigenvalue weighted by atomic mass is 9.69. The van der Waals surface area contributed by atoms with E-state index >= 15 is 0 Å². The van der Waals surface area contributed by atoms with Crippen molar-refractivity contribution in [3.8, 4) is 0 Å². The van der Waals surface area contributed by atoms with Crippen LogP contribution in [0.25, 0.3) is 0 Å². The number of hydrogen-bond donors (Lipinski definition) is 1. The van der Waals surface area contributed by atoms with Gasteiger partial charge in [0.2, 0.25) is 5.91 Å². The van der Waals surface area contributed by atoms with Crippen molar-refractivity contribution in [1.82, 2.24) is 5.32 Å². The summed E-state index contributed by atoms with van der Waals surface area (Å²) in [5.41, 5.74) is 1.19. The van der Waals surface area contributed by atoms with E-state index in [9.17, 15) is 4.79 Å². The predicted molar refractivity (Wildman–Crippen MR) is 111 cm³/mol. The second-order valence-electron chi connectivity index (χ2n) is 8.28. The molecule has 4 nitrogen and oxygen atoms in total. The first-order chi connectivity index (χ1) is 12.7. The zero-order valence-electron chi connectivity index (χ0n) is 17.7. The molecule has 1 fully saturated rings. The Bertz CT molecular complexity index is 639. The quantitative estimate of drug-likeness (QED) is 0.675. The van der Waals surface area contributed by atoms with E-state index in [4.69, 9.17) is 9.31 Å². The fraction of sp³-hybridized carbons (Fsp3) is 0.591. The standard InChI is InChI=1S/C22H34BNO3/c1-7-9-15-18(20(25)24-16-17-13-11-10-12-14-17)19(8-2)23-26-21(3,4)22(5,6)27-23/h8,10-14,18H,7,9,15-16H2,1-6H3,(H,24,25)/b19-8+. The lowest BCUT2D eigenvalue weighted by Crippen LogP contribution is -2.41. The maximum Gasteiger partial charge on any atom is 0.491 e. The Kier molecular flexibility index (Phi) is 7.29. The van der Waals surface area contributed by atoms with E-state index in [-0.39, 0.29) is 11.8 Å². The number of carbonyl (C=O) groups is 1. The van der Waals surface area contributed by atoms with Crippen molar-refractivity contribution in [2.24, 2.45) is 5.92 Å². The van der Waals surface area contributed by atoms with Gasteiger partial charge in [-0.2, -0.15) is 0 Å². The Morgan fingerprint density at radius 2 is 1.74 bits per heavy atom. The normalized spacial score (nSPS) is 19.8. The van der Waals surface area contributed by atoms with Crippen LogP contribution in [0.15, 0.2) is 41.9 Å². The van der Waals surface area contributed by atoms with Gasteiger partial charge in [-0.05, 0) is 52.1 Å². The monoisotopic (exact) mass is 371 g/mol. The molecule has 0 aliphatic carbocycles. The second kappa shape index (κ2) is 9.07. The van der Waals surface area contributed by atoms with Crippen molar-refractivity contribution in [2.45, 2.75) is 78.6 Å². The first-order valence-electron chi connectivity index (χ1n) is 10.0. The Balaban J connectivity index is 2.14. The summed E-state index contributed by atoms with van der Waals surface area (Å²) >= 11 is 0. The minimum atomic E-state index is -0.482. The highest BCUT2D eigenvalue weighted by Gasteiger charge is 2.53. The van der Waals surface area contributed by atoms with Crippen LogP contribution in [0.5, 0.6) is 0 Å². The second-order valence-corrected chi connectivity index (χ2v) is 8.28. The SMILES string of the molecule is C/C=C(/B1OC(C)(C)C(C)(C)O1)C(CCCC)C(=O)NCc1ccccc1. The smallest absolute Gasteiger partial charge is 0.400 e. The van der Waals surface area contributed by atoms with Crippen molar-refractivity contribution in [3.05, 3.63) is 47.4 Å².